The van der Waals surface area contributed by atoms with Crippen LogP contribution in [-0.4, -0.2) is 36.7 Å². The van der Waals surface area contributed by atoms with Crippen LogP contribution in [0.4, 0.5) is 22.0 Å². The zero-order chi connectivity index (χ0) is 15.3. The van der Waals surface area contributed by atoms with Crippen LogP contribution in [0.25, 0.3) is 0 Å². The van der Waals surface area contributed by atoms with Crippen molar-refractivity contribution in [3.8, 4) is 0 Å². The predicted molar refractivity (Wildman–Crippen MR) is 52.3 cm³/mol. The van der Waals surface area contributed by atoms with Crippen LogP contribution < -0.4 is 0 Å². The number of hydrogen-bond donors (Lipinski definition) is 0. The number of ether oxygens (including phenoxy) is 2. The van der Waals surface area contributed by atoms with E-state index in [1.165, 1.54) is 13.8 Å². The molecule has 0 amide bonds. The number of halogens is 5. The van der Waals surface area contributed by atoms with E-state index >= 15 is 0 Å². The number of carbonyl (C=O) groups excluding carboxylic acids is 2. The molecule has 4 nitrogen and oxygen atoms in total. The van der Waals surface area contributed by atoms with Crippen molar-refractivity contribution < 1.29 is 41.0 Å². The molecule has 0 atom stereocenters. The molecule has 0 saturated carbocycles. The first kappa shape index (κ1) is 17.3. The van der Waals surface area contributed by atoms with Gasteiger partial charge in [-0.2, -0.15) is 22.0 Å². The van der Waals surface area contributed by atoms with Crippen molar-refractivity contribution >= 4 is 11.9 Å². The Morgan fingerprint density at radius 1 is 1.05 bits per heavy atom. The highest BCUT2D eigenvalue weighted by atomic mass is 19.4. The molecule has 0 saturated heterocycles. The fourth-order valence-electron chi connectivity index (χ4n) is 0.699. The van der Waals surface area contributed by atoms with Gasteiger partial charge in [-0.1, -0.05) is 0 Å². The van der Waals surface area contributed by atoms with E-state index in [9.17, 15) is 31.5 Å². The summed E-state index contributed by atoms with van der Waals surface area (Å²) in [5, 5.41) is 0. The standard InChI is InChI=1S/C10H11F5O4/c1-6(2)19-8(17)4-3-7(16)18-5-9(11,12)10(13,14)15/h3-4,6H,5H2,1-2H3/b4-3+. The van der Waals surface area contributed by atoms with Gasteiger partial charge in [-0.05, 0) is 13.8 Å². The average molecular weight is 290 g/mol. The van der Waals surface area contributed by atoms with E-state index in [0.717, 1.165) is 0 Å². The quantitative estimate of drug-likeness (QED) is 0.442. The lowest BCUT2D eigenvalue weighted by Crippen LogP contribution is -2.41. The molecule has 0 aromatic carbocycles. The second-order valence-corrected chi connectivity index (χ2v) is 3.63. The van der Waals surface area contributed by atoms with Gasteiger partial charge in [0.2, 0.25) is 0 Å². The van der Waals surface area contributed by atoms with Gasteiger partial charge in [0.25, 0.3) is 0 Å². The summed E-state index contributed by atoms with van der Waals surface area (Å²) in [5.74, 6) is -7.60. The minimum atomic E-state index is -5.81. The van der Waals surface area contributed by atoms with Crippen molar-refractivity contribution in [1.82, 2.24) is 0 Å². The van der Waals surface area contributed by atoms with E-state index in [0.29, 0.717) is 12.2 Å². The van der Waals surface area contributed by atoms with Crippen LogP contribution in [-0.2, 0) is 19.1 Å². The highest BCUT2D eigenvalue weighted by molar-refractivity contribution is 5.91. The maximum absolute atomic E-state index is 12.3. The molecule has 0 heterocycles. The number of rotatable bonds is 5. The van der Waals surface area contributed by atoms with Gasteiger partial charge < -0.3 is 9.47 Å². The summed E-state index contributed by atoms with van der Waals surface area (Å²) in [5.41, 5.74) is 0. The molecular formula is C10H11F5O4. The summed E-state index contributed by atoms with van der Waals surface area (Å²) < 4.78 is 68.0. The molecule has 0 aromatic rings. The summed E-state index contributed by atoms with van der Waals surface area (Å²) >= 11 is 0. The van der Waals surface area contributed by atoms with Crippen LogP contribution in [0.1, 0.15) is 13.8 Å². The Labute approximate surface area is 105 Å². The number of esters is 2. The lowest BCUT2D eigenvalue weighted by atomic mass is 10.3. The summed E-state index contributed by atoms with van der Waals surface area (Å²) in [6.45, 7) is 0.890. The Kier molecular flexibility index (Phi) is 5.91. The van der Waals surface area contributed by atoms with Crippen molar-refractivity contribution in [1.29, 1.82) is 0 Å². The third kappa shape index (κ3) is 6.73. The molecule has 0 radical (unpaired) electrons. The van der Waals surface area contributed by atoms with Crippen molar-refractivity contribution in [2.75, 3.05) is 6.61 Å². The number of carbonyl (C=O) groups is 2. The zero-order valence-corrected chi connectivity index (χ0v) is 9.96. The molecule has 0 rings (SSSR count). The summed E-state index contributed by atoms with van der Waals surface area (Å²) in [7, 11) is 0. The lowest BCUT2D eigenvalue weighted by molar-refractivity contribution is -0.293. The highest BCUT2D eigenvalue weighted by Crippen LogP contribution is 2.35. The monoisotopic (exact) mass is 290 g/mol. The first-order valence-electron chi connectivity index (χ1n) is 4.95. The fourth-order valence-corrected chi connectivity index (χ4v) is 0.699. The molecule has 0 aliphatic rings. The van der Waals surface area contributed by atoms with E-state index < -0.39 is 36.7 Å². The Hall–Kier alpha value is -1.67. The van der Waals surface area contributed by atoms with E-state index in [1.54, 1.807) is 0 Å². The number of alkyl halides is 5. The van der Waals surface area contributed by atoms with Gasteiger partial charge in [0.05, 0.1) is 6.10 Å². The topological polar surface area (TPSA) is 52.6 Å². The second kappa shape index (κ2) is 6.48. The van der Waals surface area contributed by atoms with Gasteiger partial charge in [0.1, 0.15) is 0 Å². The van der Waals surface area contributed by atoms with Crippen LogP contribution in [0.3, 0.4) is 0 Å². The minimum absolute atomic E-state index is 0.400. The molecule has 0 aromatic heterocycles. The van der Waals surface area contributed by atoms with Gasteiger partial charge in [0.15, 0.2) is 6.61 Å². The molecule has 0 fully saturated rings. The first-order valence-corrected chi connectivity index (χ1v) is 4.95. The van der Waals surface area contributed by atoms with E-state index in [1.807, 2.05) is 0 Å². The van der Waals surface area contributed by atoms with Gasteiger partial charge in [-0.15, -0.1) is 0 Å². The Morgan fingerprint density at radius 2 is 1.53 bits per heavy atom. The van der Waals surface area contributed by atoms with Crippen molar-refractivity contribution in [3.05, 3.63) is 12.2 Å². The first-order chi connectivity index (χ1) is 8.45. The summed E-state index contributed by atoms with van der Waals surface area (Å²) in [6.07, 6.45) is -5.32. The lowest BCUT2D eigenvalue weighted by Gasteiger charge is -2.18. The fraction of sp³-hybridized carbons (Fsp3) is 0.600. The predicted octanol–water partition coefficient (Wildman–Crippen LogP) is 2.24. The molecule has 9 heteroatoms. The highest BCUT2D eigenvalue weighted by Gasteiger charge is 2.58. The van der Waals surface area contributed by atoms with Crippen molar-refractivity contribution in [2.45, 2.75) is 32.1 Å². The zero-order valence-electron chi connectivity index (χ0n) is 9.96. The maximum Gasteiger partial charge on any atom is 0.456 e. The Morgan fingerprint density at radius 3 is 1.95 bits per heavy atom. The van der Waals surface area contributed by atoms with Crippen LogP contribution in [0.5, 0.6) is 0 Å². The summed E-state index contributed by atoms with van der Waals surface area (Å²) in [6, 6.07) is 0. The van der Waals surface area contributed by atoms with E-state index in [-0.39, 0.29) is 0 Å². The smallest absolute Gasteiger partial charge is 0.456 e. The van der Waals surface area contributed by atoms with Crippen molar-refractivity contribution in [3.63, 3.8) is 0 Å². The normalized spacial score (nSPS) is 12.8. The van der Waals surface area contributed by atoms with Gasteiger partial charge in [-0.3, -0.25) is 0 Å². The third-order valence-electron chi connectivity index (χ3n) is 1.52. The largest absolute Gasteiger partial charge is 0.460 e. The van der Waals surface area contributed by atoms with E-state index in [2.05, 4.69) is 9.47 Å². The minimum Gasteiger partial charge on any atom is -0.460 e. The molecule has 0 N–H and O–H groups in total. The second-order valence-electron chi connectivity index (χ2n) is 3.63. The van der Waals surface area contributed by atoms with Crippen LogP contribution in [0.15, 0.2) is 12.2 Å². The van der Waals surface area contributed by atoms with Crippen LogP contribution in [0.2, 0.25) is 0 Å². The third-order valence-corrected chi connectivity index (χ3v) is 1.52. The maximum atomic E-state index is 12.3. The Bertz CT molecular complexity index is 359. The molecule has 0 spiro atoms. The van der Waals surface area contributed by atoms with E-state index in [4.69, 9.17) is 0 Å². The SMILES string of the molecule is CC(C)OC(=O)/C=C/C(=O)OCC(F)(F)C(F)(F)F. The molecule has 0 unspecified atom stereocenters. The molecule has 0 aliphatic carbocycles. The van der Waals surface area contributed by atoms with Crippen LogP contribution >= 0.6 is 0 Å². The average Bonchev–Trinajstić information content (AvgIpc) is 2.21. The Balaban J connectivity index is 4.28. The number of hydrogen-bond acceptors (Lipinski definition) is 4. The molecule has 110 valence electrons. The molecular weight excluding hydrogens is 279 g/mol. The molecule has 0 bridgehead atoms. The van der Waals surface area contributed by atoms with Crippen molar-refractivity contribution in [2.24, 2.45) is 0 Å². The van der Waals surface area contributed by atoms with Gasteiger partial charge >= 0.3 is 24.0 Å². The summed E-state index contributed by atoms with van der Waals surface area (Å²) in [4.78, 5) is 21.7. The molecule has 19 heavy (non-hydrogen) atoms. The molecule has 0 aliphatic heterocycles. The van der Waals surface area contributed by atoms with Crippen LogP contribution in [0, 0.1) is 0 Å². The van der Waals surface area contributed by atoms with Gasteiger partial charge in [0, 0.05) is 12.2 Å². The van der Waals surface area contributed by atoms with Gasteiger partial charge in [-0.25, -0.2) is 9.59 Å².